The third-order valence-electron chi connectivity index (χ3n) is 2.68. The van der Waals surface area contributed by atoms with Crippen LogP contribution in [0.4, 0.5) is 4.39 Å². The van der Waals surface area contributed by atoms with Crippen molar-refractivity contribution < 1.29 is 14.3 Å². The predicted octanol–water partition coefficient (Wildman–Crippen LogP) is 3.25. The van der Waals surface area contributed by atoms with Gasteiger partial charge >= 0.3 is 5.97 Å². The van der Waals surface area contributed by atoms with Gasteiger partial charge in [0.05, 0.1) is 10.4 Å². The van der Waals surface area contributed by atoms with Gasteiger partial charge in [0.1, 0.15) is 5.82 Å². The van der Waals surface area contributed by atoms with Gasteiger partial charge in [-0.05, 0) is 30.5 Å². The molecule has 0 bridgehead atoms. The van der Waals surface area contributed by atoms with Crippen LogP contribution in [0.25, 0.3) is 0 Å². The van der Waals surface area contributed by atoms with Gasteiger partial charge in [-0.1, -0.05) is 23.2 Å². The molecule has 0 spiro atoms. The van der Waals surface area contributed by atoms with Gasteiger partial charge in [0.25, 0.3) is 0 Å². The summed E-state index contributed by atoms with van der Waals surface area (Å²) in [5, 5.41) is 9.14. The number of halogens is 3. The molecular weight excluding hydrogens is 242 g/mol. The van der Waals surface area contributed by atoms with Gasteiger partial charge in [0.15, 0.2) is 0 Å². The highest BCUT2D eigenvalue weighted by atomic mass is 35.5. The number of carboxylic acids is 1. The zero-order valence-corrected chi connectivity index (χ0v) is 9.07. The highest BCUT2D eigenvalue weighted by Gasteiger charge is 2.53. The first-order valence-electron chi connectivity index (χ1n) is 4.36. The molecule has 1 aliphatic carbocycles. The third-order valence-corrected chi connectivity index (χ3v) is 3.29. The van der Waals surface area contributed by atoms with E-state index in [2.05, 4.69) is 0 Å². The standard InChI is InChI=1S/C10H7Cl2FO2/c11-6-4-7(12)8(13)3-5(6)10(1-2-10)9(14)15/h3-4H,1-2H2,(H,14,15). The Kier molecular flexibility index (Phi) is 2.40. The molecule has 0 aromatic heterocycles. The van der Waals surface area contributed by atoms with Crippen LogP contribution in [-0.2, 0) is 10.2 Å². The van der Waals surface area contributed by atoms with Crippen LogP contribution in [0.2, 0.25) is 10.0 Å². The molecule has 1 aromatic rings. The topological polar surface area (TPSA) is 37.3 Å². The summed E-state index contributed by atoms with van der Waals surface area (Å²) in [6, 6.07) is 2.36. The van der Waals surface area contributed by atoms with Gasteiger partial charge in [0, 0.05) is 5.02 Å². The largest absolute Gasteiger partial charge is 0.481 e. The van der Waals surface area contributed by atoms with Crippen molar-refractivity contribution in [3.8, 4) is 0 Å². The Bertz CT molecular complexity index is 441. The number of benzene rings is 1. The van der Waals surface area contributed by atoms with Crippen LogP contribution >= 0.6 is 23.2 Å². The van der Waals surface area contributed by atoms with Crippen molar-refractivity contribution >= 4 is 29.2 Å². The Morgan fingerprint density at radius 2 is 1.93 bits per heavy atom. The first-order valence-corrected chi connectivity index (χ1v) is 5.11. The minimum atomic E-state index is -0.998. The minimum Gasteiger partial charge on any atom is -0.481 e. The SMILES string of the molecule is O=C(O)C1(c2cc(F)c(Cl)cc2Cl)CC1. The smallest absolute Gasteiger partial charge is 0.314 e. The number of hydrogen-bond acceptors (Lipinski definition) is 1. The summed E-state index contributed by atoms with van der Waals surface area (Å²) in [6.45, 7) is 0. The Balaban J connectivity index is 2.54. The first-order chi connectivity index (χ1) is 6.97. The van der Waals surface area contributed by atoms with Crippen LogP contribution < -0.4 is 0 Å². The van der Waals surface area contributed by atoms with Gasteiger partial charge in [0.2, 0.25) is 0 Å². The van der Waals surface area contributed by atoms with E-state index in [1.165, 1.54) is 6.07 Å². The van der Waals surface area contributed by atoms with Crippen molar-refractivity contribution in [1.29, 1.82) is 0 Å². The van der Waals surface area contributed by atoms with E-state index in [4.69, 9.17) is 28.3 Å². The fraction of sp³-hybridized carbons (Fsp3) is 0.300. The lowest BCUT2D eigenvalue weighted by Crippen LogP contribution is -2.20. The molecule has 80 valence electrons. The summed E-state index contributed by atoms with van der Waals surface area (Å²) in [7, 11) is 0. The van der Waals surface area contributed by atoms with E-state index in [0.29, 0.717) is 18.4 Å². The van der Waals surface area contributed by atoms with Crippen molar-refractivity contribution in [1.82, 2.24) is 0 Å². The molecule has 5 heteroatoms. The van der Waals surface area contributed by atoms with Crippen LogP contribution in [0.15, 0.2) is 12.1 Å². The summed E-state index contributed by atoms with van der Waals surface area (Å²) >= 11 is 11.4. The van der Waals surface area contributed by atoms with E-state index in [9.17, 15) is 9.18 Å². The average Bonchev–Trinajstić information content (AvgIpc) is 2.92. The fourth-order valence-corrected chi connectivity index (χ4v) is 2.18. The molecule has 1 fully saturated rings. The fourth-order valence-electron chi connectivity index (χ4n) is 1.61. The average molecular weight is 249 g/mol. The van der Waals surface area contributed by atoms with E-state index < -0.39 is 17.2 Å². The molecule has 0 saturated heterocycles. The summed E-state index contributed by atoms with van der Waals surface area (Å²) in [6.07, 6.45) is 0.978. The second-order valence-corrected chi connectivity index (χ2v) is 4.45. The molecule has 0 heterocycles. The number of hydrogen-bond donors (Lipinski definition) is 1. The second-order valence-electron chi connectivity index (χ2n) is 3.63. The number of aliphatic carboxylic acids is 1. The summed E-state index contributed by atoms with van der Waals surface area (Å²) in [5.41, 5.74) is -0.679. The van der Waals surface area contributed by atoms with Crippen LogP contribution in [0.5, 0.6) is 0 Å². The van der Waals surface area contributed by atoms with Gasteiger partial charge in [-0.15, -0.1) is 0 Å². The summed E-state index contributed by atoms with van der Waals surface area (Å²) in [4.78, 5) is 11.0. The highest BCUT2D eigenvalue weighted by molar-refractivity contribution is 6.35. The molecule has 15 heavy (non-hydrogen) atoms. The molecule has 2 rings (SSSR count). The maximum atomic E-state index is 13.2. The number of rotatable bonds is 2. The molecule has 0 aliphatic heterocycles. The van der Waals surface area contributed by atoms with Gasteiger partial charge in [-0.3, -0.25) is 4.79 Å². The lowest BCUT2D eigenvalue weighted by molar-refractivity contribution is -0.140. The number of carbonyl (C=O) groups is 1. The van der Waals surface area contributed by atoms with E-state index in [1.54, 1.807) is 0 Å². The summed E-state index contributed by atoms with van der Waals surface area (Å²) in [5.74, 6) is -1.60. The van der Waals surface area contributed by atoms with E-state index >= 15 is 0 Å². The quantitative estimate of drug-likeness (QED) is 0.817. The van der Waals surface area contributed by atoms with Crippen LogP contribution in [0, 0.1) is 5.82 Å². The third kappa shape index (κ3) is 1.60. The Morgan fingerprint density at radius 3 is 2.40 bits per heavy atom. The Hall–Kier alpha value is -0.800. The van der Waals surface area contributed by atoms with Crippen molar-refractivity contribution in [2.45, 2.75) is 18.3 Å². The molecule has 0 atom stereocenters. The highest BCUT2D eigenvalue weighted by Crippen LogP contribution is 2.51. The zero-order chi connectivity index (χ0) is 11.2. The Labute approximate surface area is 95.6 Å². The molecule has 0 radical (unpaired) electrons. The van der Waals surface area contributed by atoms with Gasteiger partial charge < -0.3 is 5.11 Å². The molecule has 1 aromatic carbocycles. The van der Waals surface area contributed by atoms with Gasteiger partial charge in [-0.25, -0.2) is 4.39 Å². The minimum absolute atomic E-state index is 0.0926. The maximum absolute atomic E-state index is 13.2. The number of carboxylic acid groups (broad SMARTS) is 1. The monoisotopic (exact) mass is 248 g/mol. The van der Waals surface area contributed by atoms with Crippen molar-refractivity contribution in [2.24, 2.45) is 0 Å². The van der Waals surface area contributed by atoms with E-state index in [-0.39, 0.29) is 10.0 Å². The molecule has 2 nitrogen and oxygen atoms in total. The van der Waals surface area contributed by atoms with E-state index in [0.717, 1.165) is 6.07 Å². The van der Waals surface area contributed by atoms with Crippen LogP contribution in [0.1, 0.15) is 18.4 Å². The molecule has 1 aliphatic rings. The van der Waals surface area contributed by atoms with Crippen LogP contribution in [-0.4, -0.2) is 11.1 Å². The molecular formula is C10H7Cl2FO2. The van der Waals surface area contributed by atoms with Crippen LogP contribution in [0.3, 0.4) is 0 Å². The lowest BCUT2D eigenvalue weighted by atomic mass is 9.96. The predicted molar refractivity (Wildman–Crippen MR) is 55.0 cm³/mol. The zero-order valence-electron chi connectivity index (χ0n) is 7.56. The Morgan fingerprint density at radius 1 is 1.33 bits per heavy atom. The second kappa shape index (κ2) is 3.35. The molecule has 0 amide bonds. The molecule has 1 N–H and O–H groups in total. The lowest BCUT2D eigenvalue weighted by Gasteiger charge is -2.12. The van der Waals surface area contributed by atoms with Crippen molar-refractivity contribution in [3.05, 3.63) is 33.6 Å². The van der Waals surface area contributed by atoms with Crippen molar-refractivity contribution in [3.63, 3.8) is 0 Å². The normalized spacial score (nSPS) is 17.5. The maximum Gasteiger partial charge on any atom is 0.314 e. The first kappa shape index (κ1) is 10.7. The molecule has 0 unspecified atom stereocenters. The molecule has 1 saturated carbocycles. The van der Waals surface area contributed by atoms with Crippen molar-refractivity contribution in [2.75, 3.05) is 0 Å². The van der Waals surface area contributed by atoms with Gasteiger partial charge in [-0.2, -0.15) is 0 Å². The summed E-state index contributed by atoms with van der Waals surface area (Å²) < 4.78 is 13.2. The van der Waals surface area contributed by atoms with E-state index in [1.807, 2.05) is 0 Å².